The second-order valence-corrected chi connectivity index (χ2v) is 12.8. The van der Waals surface area contributed by atoms with Crippen LogP contribution in [0.15, 0.2) is 54.6 Å². The van der Waals surface area contributed by atoms with Crippen molar-refractivity contribution in [2.24, 2.45) is 23.7 Å². The van der Waals surface area contributed by atoms with Gasteiger partial charge in [0.15, 0.2) is 0 Å². The number of esters is 3. The van der Waals surface area contributed by atoms with Crippen LogP contribution in [0.2, 0.25) is 0 Å². The van der Waals surface area contributed by atoms with Crippen LogP contribution in [0.4, 0.5) is 0 Å². The summed E-state index contributed by atoms with van der Waals surface area (Å²) >= 11 is 0. The van der Waals surface area contributed by atoms with E-state index in [1.807, 2.05) is 0 Å². The first-order chi connectivity index (χ1) is 21.2. The zero-order valence-corrected chi connectivity index (χ0v) is 26.5. The highest BCUT2D eigenvalue weighted by Gasteiger charge is 2.32. The van der Waals surface area contributed by atoms with E-state index in [4.69, 9.17) is 14.2 Å². The van der Waals surface area contributed by atoms with Gasteiger partial charge in [-0.1, -0.05) is 63.8 Å². The van der Waals surface area contributed by atoms with Crippen LogP contribution in [0, 0.1) is 23.7 Å². The number of aliphatic hydroxyl groups excluding tert-OH is 1. The van der Waals surface area contributed by atoms with Gasteiger partial charge >= 0.3 is 17.9 Å². The van der Waals surface area contributed by atoms with E-state index in [9.17, 15) is 19.5 Å². The molecule has 0 radical (unpaired) electrons. The van der Waals surface area contributed by atoms with Gasteiger partial charge in [0.25, 0.3) is 0 Å². The molecule has 0 spiro atoms. The third kappa shape index (κ3) is 9.04. The summed E-state index contributed by atoms with van der Waals surface area (Å²) in [6.07, 6.45) is 13.0. The van der Waals surface area contributed by atoms with E-state index >= 15 is 0 Å². The number of carbonyl (C=O) groups excluding carboxylic acids is 3. The molecular weight excluding hydrogens is 556 g/mol. The average molecular weight is 605 g/mol. The summed E-state index contributed by atoms with van der Waals surface area (Å²) in [7, 11) is 0. The molecule has 1 atom stereocenters. The number of hydrogen-bond donors (Lipinski definition) is 1. The molecule has 4 rings (SSSR count). The fourth-order valence-corrected chi connectivity index (χ4v) is 6.48. The number of hydrogen-bond acceptors (Lipinski definition) is 7. The van der Waals surface area contributed by atoms with Crippen LogP contribution in [0.3, 0.4) is 0 Å². The molecule has 0 aliphatic heterocycles. The minimum Gasteiger partial charge on any atom is -0.459 e. The molecule has 0 bridgehead atoms. The van der Waals surface area contributed by atoms with Crippen molar-refractivity contribution < 1.29 is 33.7 Å². The maximum absolute atomic E-state index is 13.6. The first kappa shape index (κ1) is 33.4. The zero-order valence-electron chi connectivity index (χ0n) is 26.5. The van der Waals surface area contributed by atoms with Gasteiger partial charge in [0, 0.05) is 5.57 Å². The molecule has 2 saturated carbocycles. The summed E-state index contributed by atoms with van der Waals surface area (Å²) in [6.45, 7) is 8.65. The lowest BCUT2D eigenvalue weighted by Gasteiger charge is -2.37. The summed E-state index contributed by atoms with van der Waals surface area (Å²) in [6, 6.07) is 11.9. The third-order valence-electron chi connectivity index (χ3n) is 9.35. The number of carbonyl (C=O) groups is 3. The van der Waals surface area contributed by atoms with Crippen LogP contribution < -0.4 is 9.47 Å². The Morgan fingerprint density at radius 2 is 1.50 bits per heavy atom. The Kier molecular flexibility index (Phi) is 12.2. The highest BCUT2D eigenvalue weighted by atomic mass is 16.6. The molecule has 0 saturated heterocycles. The molecule has 0 aromatic heterocycles. The van der Waals surface area contributed by atoms with Crippen molar-refractivity contribution >= 4 is 17.9 Å². The predicted molar refractivity (Wildman–Crippen MR) is 170 cm³/mol. The molecule has 1 N–H and O–H groups in total. The van der Waals surface area contributed by atoms with E-state index in [0.29, 0.717) is 22.8 Å². The number of aliphatic hydroxyl groups is 1. The van der Waals surface area contributed by atoms with Crippen molar-refractivity contribution in [3.63, 3.8) is 0 Å². The van der Waals surface area contributed by atoms with Gasteiger partial charge in [0.1, 0.15) is 23.2 Å². The fraction of sp³-hybridized carbons (Fsp3) is 0.541. The second-order valence-electron chi connectivity index (χ2n) is 12.8. The van der Waals surface area contributed by atoms with E-state index in [0.717, 1.165) is 43.1 Å². The quantitative estimate of drug-likeness (QED) is 0.149. The van der Waals surface area contributed by atoms with Crippen LogP contribution in [-0.4, -0.2) is 35.7 Å². The summed E-state index contributed by atoms with van der Waals surface area (Å²) in [4.78, 5) is 37.9. The van der Waals surface area contributed by atoms with Crippen molar-refractivity contribution in [3.05, 3.63) is 60.2 Å². The monoisotopic (exact) mass is 604 g/mol. The van der Waals surface area contributed by atoms with E-state index in [1.54, 1.807) is 56.3 Å². The lowest BCUT2D eigenvalue weighted by Crippen LogP contribution is -2.30. The Bertz CT molecular complexity index is 1280. The van der Waals surface area contributed by atoms with Gasteiger partial charge in [-0.2, -0.15) is 0 Å². The van der Waals surface area contributed by atoms with E-state index in [2.05, 4.69) is 13.5 Å². The summed E-state index contributed by atoms with van der Waals surface area (Å²) in [5.41, 5.74) is 1.95. The van der Waals surface area contributed by atoms with Crippen LogP contribution in [0.25, 0.3) is 11.1 Å². The minimum atomic E-state index is -0.731. The van der Waals surface area contributed by atoms with Crippen molar-refractivity contribution in [1.29, 1.82) is 0 Å². The second kappa shape index (κ2) is 16.0. The van der Waals surface area contributed by atoms with Crippen molar-refractivity contribution in [1.82, 2.24) is 0 Å². The van der Waals surface area contributed by atoms with Crippen LogP contribution in [-0.2, 0) is 14.3 Å². The minimum absolute atomic E-state index is 0.101. The maximum Gasteiger partial charge on any atom is 0.342 e. The number of benzene rings is 2. The first-order valence-electron chi connectivity index (χ1n) is 16.3. The first-order valence-corrected chi connectivity index (χ1v) is 16.3. The third-order valence-corrected chi connectivity index (χ3v) is 9.35. The molecule has 7 heteroatoms. The SMILES string of the molecule is C=C(C)C(=O)Oc1ccc(-c2ccc(OC(=O)C(C)CO)c(C(=O)OC3CCC(C4CCC(CCCC)CC4)CC3)c2)cc1. The standard InChI is InChI=1S/C37H48O7/c1-5-6-7-26-8-10-27(11-9-26)28-12-17-32(18-13-28)43-37(41)33-22-30(16-21-34(33)44-36(40)25(4)23-38)29-14-19-31(20-15-29)42-35(39)24(2)3/h14-16,19-22,25-28,32,38H,2,5-13,17-18,23H2,1,3-4H3. The molecule has 0 heterocycles. The maximum atomic E-state index is 13.6. The predicted octanol–water partition coefficient (Wildman–Crippen LogP) is 8.08. The Morgan fingerprint density at radius 1 is 0.886 bits per heavy atom. The van der Waals surface area contributed by atoms with Crippen LogP contribution >= 0.6 is 0 Å². The van der Waals surface area contributed by atoms with Crippen LogP contribution in [0.1, 0.15) is 102 Å². The van der Waals surface area contributed by atoms with Gasteiger partial charge < -0.3 is 19.3 Å². The number of ether oxygens (including phenoxy) is 3. The summed E-state index contributed by atoms with van der Waals surface area (Å²) in [5.74, 6) is 0.488. The normalized spacial score (nSPS) is 22.5. The Hall–Kier alpha value is -3.45. The topological polar surface area (TPSA) is 99.1 Å². The van der Waals surface area contributed by atoms with Crippen molar-refractivity contribution in [2.45, 2.75) is 97.5 Å². The molecule has 0 amide bonds. The van der Waals surface area contributed by atoms with Gasteiger partial charge in [-0.15, -0.1) is 0 Å². The molecule has 44 heavy (non-hydrogen) atoms. The average Bonchev–Trinajstić information content (AvgIpc) is 3.04. The summed E-state index contributed by atoms with van der Waals surface area (Å²) in [5, 5.41) is 9.41. The number of unbranched alkanes of at least 4 members (excludes halogenated alkanes) is 1. The lowest BCUT2D eigenvalue weighted by atomic mass is 9.70. The molecule has 238 valence electrons. The zero-order chi connectivity index (χ0) is 31.6. The molecule has 1 unspecified atom stereocenters. The molecule has 2 aliphatic carbocycles. The Balaban J connectivity index is 1.42. The van der Waals surface area contributed by atoms with Gasteiger partial charge in [-0.25, -0.2) is 9.59 Å². The van der Waals surface area contributed by atoms with Gasteiger partial charge in [-0.05, 0) is 106 Å². The Morgan fingerprint density at radius 3 is 2.09 bits per heavy atom. The smallest absolute Gasteiger partial charge is 0.342 e. The lowest BCUT2D eigenvalue weighted by molar-refractivity contribution is -0.139. The van der Waals surface area contributed by atoms with Gasteiger partial charge in [-0.3, -0.25) is 4.79 Å². The van der Waals surface area contributed by atoms with Crippen molar-refractivity contribution in [3.8, 4) is 22.6 Å². The highest BCUT2D eigenvalue weighted by molar-refractivity contribution is 5.95. The molecule has 7 nitrogen and oxygen atoms in total. The highest BCUT2D eigenvalue weighted by Crippen LogP contribution is 2.42. The largest absolute Gasteiger partial charge is 0.459 e. The van der Waals surface area contributed by atoms with Crippen LogP contribution in [0.5, 0.6) is 11.5 Å². The molecule has 2 aliphatic rings. The van der Waals surface area contributed by atoms with E-state index in [1.165, 1.54) is 44.9 Å². The van der Waals surface area contributed by atoms with E-state index < -0.39 is 23.8 Å². The summed E-state index contributed by atoms with van der Waals surface area (Å²) < 4.78 is 16.8. The van der Waals surface area contributed by atoms with Gasteiger partial charge in [0.2, 0.25) is 0 Å². The Labute approximate surface area is 262 Å². The number of rotatable bonds is 12. The fourth-order valence-electron chi connectivity index (χ4n) is 6.48. The molecule has 2 fully saturated rings. The van der Waals surface area contributed by atoms with Crippen molar-refractivity contribution in [2.75, 3.05) is 6.61 Å². The molecule has 2 aromatic carbocycles. The molecular formula is C37H48O7. The van der Waals surface area contributed by atoms with Gasteiger partial charge in [0.05, 0.1) is 12.5 Å². The van der Waals surface area contributed by atoms with E-state index in [-0.39, 0.29) is 24.0 Å². The molecule has 2 aromatic rings.